The van der Waals surface area contributed by atoms with Gasteiger partial charge in [-0.15, -0.1) is 0 Å². The SMILES string of the molecule is CCCOC(=O)CC1C(=O)NCCN1C(=O)C1CCCC(C)N1. The average Bonchev–Trinajstić information content (AvgIpc) is 2.54. The summed E-state index contributed by atoms with van der Waals surface area (Å²) in [6.45, 7) is 5.16. The fourth-order valence-electron chi connectivity index (χ4n) is 3.15. The zero-order valence-electron chi connectivity index (χ0n) is 14.0. The van der Waals surface area contributed by atoms with E-state index < -0.39 is 12.0 Å². The van der Waals surface area contributed by atoms with Gasteiger partial charge in [0.2, 0.25) is 11.8 Å². The third-order valence-corrected chi connectivity index (χ3v) is 4.35. The minimum Gasteiger partial charge on any atom is -0.466 e. The number of hydrogen-bond acceptors (Lipinski definition) is 5. The first-order chi connectivity index (χ1) is 11.0. The number of carbonyl (C=O) groups excluding carboxylic acids is 3. The van der Waals surface area contributed by atoms with Crippen molar-refractivity contribution in [1.29, 1.82) is 0 Å². The summed E-state index contributed by atoms with van der Waals surface area (Å²) in [5, 5.41) is 6.03. The molecule has 2 heterocycles. The first-order valence-electron chi connectivity index (χ1n) is 8.52. The summed E-state index contributed by atoms with van der Waals surface area (Å²) in [6, 6.07) is -0.734. The van der Waals surface area contributed by atoms with Crippen molar-refractivity contribution in [1.82, 2.24) is 15.5 Å². The molecule has 2 fully saturated rings. The Balaban J connectivity index is 2.02. The number of nitrogens with one attached hydrogen (secondary N) is 2. The Kier molecular flexibility index (Phi) is 6.38. The standard InChI is InChI=1S/C16H27N3O4/c1-3-9-23-14(20)10-13-15(21)17-7-8-19(13)16(22)12-6-4-5-11(2)18-12/h11-13,18H,3-10H2,1-2H3,(H,17,21). The largest absolute Gasteiger partial charge is 0.466 e. The molecule has 2 aliphatic rings. The van der Waals surface area contributed by atoms with Crippen molar-refractivity contribution in [3.05, 3.63) is 0 Å². The predicted octanol–water partition coefficient (Wildman–Crippen LogP) is 0.187. The molecule has 0 aromatic carbocycles. The lowest BCUT2D eigenvalue weighted by Gasteiger charge is -2.38. The molecule has 2 N–H and O–H groups in total. The summed E-state index contributed by atoms with van der Waals surface area (Å²) >= 11 is 0. The lowest BCUT2D eigenvalue weighted by Crippen LogP contribution is -2.62. The number of esters is 1. The molecule has 2 rings (SSSR count). The molecule has 0 aromatic rings. The topological polar surface area (TPSA) is 87.7 Å². The Morgan fingerprint density at radius 1 is 1.35 bits per heavy atom. The van der Waals surface area contributed by atoms with Gasteiger partial charge >= 0.3 is 5.97 Å². The molecule has 0 aromatic heterocycles. The van der Waals surface area contributed by atoms with Gasteiger partial charge in [0.25, 0.3) is 0 Å². The maximum atomic E-state index is 12.8. The number of ether oxygens (including phenoxy) is 1. The summed E-state index contributed by atoms with van der Waals surface area (Å²) in [6.07, 6.45) is 3.47. The third kappa shape index (κ3) is 4.67. The van der Waals surface area contributed by atoms with E-state index in [0.29, 0.717) is 25.7 Å². The fraction of sp³-hybridized carbons (Fsp3) is 0.812. The van der Waals surface area contributed by atoms with Crippen molar-refractivity contribution < 1.29 is 19.1 Å². The number of amides is 2. The molecule has 0 saturated carbocycles. The molecule has 0 bridgehead atoms. The predicted molar refractivity (Wildman–Crippen MR) is 84.6 cm³/mol. The number of rotatable bonds is 5. The van der Waals surface area contributed by atoms with Crippen LogP contribution in [-0.4, -0.2) is 60.5 Å². The molecular weight excluding hydrogens is 298 g/mol. The summed E-state index contributed by atoms with van der Waals surface area (Å²) in [5.74, 6) is -0.793. The summed E-state index contributed by atoms with van der Waals surface area (Å²) in [5.41, 5.74) is 0. The van der Waals surface area contributed by atoms with Crippen molar-refractivity contribution >= 4 is 17.8 Å². The molecule has 0 aliphatic carbocycles. The molecule has 2 amide bonds. The number of hydrogen-bond donors (Lipinski definition) is 2. The molecule has 3 unspecified atom stereocenters. The van der Waals surface area contributed by atoms with Crippen LogP contribution in [0.4, 0.5) is 0 Å². The zero-order chi connectivity index (χ0) is 16.8. The molecule has 7 nitrogen and oxygen atoms in total. The Labute approximate surface area is 137 Å². The Bertz CT molecular complexity index is 455. The number of piperidine rings is 1. The van der Waals surface area contributed by atoms with Gasteiger partial charge in [-0.2, -0.15) is 0 Å². The van der Waals surface area contributed by atoms with Gasteiger partial charge in [0.05, 0.1) is 19.1 Å². The zero-order valence-corrected chi connectivity index (χ0v) is 14.0. The summed E-state index contributed by atoms with van der Waals surface area (Å²) < 4.78 is 5.06. The Morgan fingerprint density at radius 2 is 2.13 bits per heavy atom. The van der Waals surface area contributed by atoms with Gasteiger partial charge in [-0.3, -0.25) is 14.4 Å². The van der Waals surface area contributed by atoms with Crippen molar-refractivity contribution in [2.45, 2.75) is 64.1 Å². The highest BCUT2D eigenvalue weighted by Gasteiger charge is 2.38. The molecule has 0 radical (unpaired) electrons. The van der Waals surface area contributed by atoms with E-state index in [1.807, 2.05) is 6.92 Å². The maximum absolute atomic E-state index is 12.8. The highest BCUT2D eigenvalue weighted by atomic mass is 16.5. The monoisotopic (exact) mass is 325 g/mol. The quantitative estimate of drug-likeness (QED) is 0.705. The van der Waals surface area contributed by atoms with E-state index in [4.69, 9.17) is 4.74 Å². The number of carbonyl (C=O) groups is 3. The number of piperazine rings is 1. The van der Waals surface area contributed by atoms with E-state index in [-0.39, 0.29) is 24.3 Å². The number of nitrogens with zero attached hydrogens (tertiary/aromatic N) is 1. The van der Waals surface area contributed by atoms with Crippen LogP contribution in [-0.2, 0) is 19.1 Å². The average molecular weight is 325 g/mol. The van der Waals surface area contributed by atoms with E-state index in [2.05, 4.69) is 17.6 Å². The molecule has 7 heteroatoms. The molecule has 3 atom stereocenters. The van der Waals surface area contributed by atoms with Gasteiger partial charge in [-0.05, 0) is 32.6 Å². The second kappa shape index (κ2) is 8.29. The summed E-state index contributed by atoms with van der Waals surface area (Å²) in [7, 11) is 0. The first kappa shape index (κ1) is 17.7. The molecule has 0 spiro atoms. The van der Waals surface area contributed by atoms with Crippen LogP contribution in [0.3, 0.4) is 0 Å². The van der Waals surface area contributed by atoms with Gasteiger partial charge in [0, 0.05) is 19.1 Å². The lowest BCUT2D eigenvalue weighted by atomic mass is 9.97. The van der Waals surface area contributed by atoms with Crippen LogP contribution >= 0.6 is 0 Å². The minimum atomic E-state index is -0.764. The van der Waals surface area contributed by atoms with Crippen LogP contribution in [0.15, 0.2) is 0 Å². The lowest BCUT2D eigenvalue weighted by molar-refractivity contribution is -0.152. The van der Waals surface area contributed by atoms with E-state index in [1.165, 1.54) is 0 Å². The smallest absolute Gasteiger partial charge is 0.308 e. The highest BCUT2D eigenvalue weighted by Crippen LogP contribution is 2.18. The second-order valence-corrected chi connectivity index (χ2v) is 6.31. The van der Waals surface area contributed by atoms with Gasteiger partial charge < -0.3 is 20.3 Å². The van der Waals surface area contributed by atoms with Crippen molar-refractivity contribution in [2.75, 3.05) is 19.7 Å². The molecular formula is C16H27N3O4. The maximum Gasteiger partial charge on any atom is 0.308 e. The molecule has 2 saturated heterocycles. The minimum absolute atomic E-state index is 0.0835. The summed E-state index contributed by atoms with van der Waals surface area (Å²) in [4.78, 5) is 38.3. The van der Waals surface area contributed by atoms with Gasteiger partial charge in [0.15, 0.2) is 0 Å². The van der Waals surface area contributed by atoms with Crippen LogP contribution in [0, 0.1) is 0 Å². The van der Waals surface area contributed by atoms with Crippen LogP contribution < -0.4 is 10.6 Å². The van der Waals surface area contributed by atoms with Gasteiger partial charge in [0.1, 0.15) is 6.04 Å². The van der Waals surface area contributed by atoms with Crippen LogP contribution in [0.1, 0.15) is 46.0 Å². The van der Waals surface area contributed by atoms with Gasteiger partial charge in [-0.25, -0.2) is 0 Å². The van der Waals surface area contributed by atoms with Gasteiger partial charge in [-0.1, -0.05) is 6.92 Å². The normalized spacial score (nSPS) is 28.2. The van der Waals surface area contributed by atoms with Crippen molar-refractivity contribution in [3.8, 4) is 0 Å². The van der Waals surface area contributed by atoms with Crippen molar-refractivity contribution in [3.63, 3.8) is 0 Å². The van der Waals surface area contributed by atoms with Crippen molar-refractivity contribution in [2.24, 2.45) is 0 Å². The van der Waals surface area contributed by atoms with Crippen LogP contribution in [0.25, 0.3) is 0 Å². The van der Waals surface area contributed by atoms with E-state index in [1.54, 1.807) is 4.90 Å². The van der Waals surface area contributed by atoms with Crippen LogP contribution in [0.5, 0.6) is 0 Å². The van der Waals surface area contributed by atoms with E-state index in [0.717, 1.165) is 25.7 Å². The molecule has 23 heavy (non-hydrogen) atoms. The Morgan fingerprint density at radius 3 is 2.83 bits per heavy atom. The van der Waals surface area contributed by atoms with E-state index in [9.17, 15) is 14.4 Å². The third-order valence-electron chi connectivity index (χ3n) is 4.35. The highest BCUT2D eigenvalue weighted by molar-refractivity contribution is 5.93. The molecule has 2 aliphatic heterocycles. The molecule has 130 valence electrons. The first-order valence-corrected chi connectivity index (χ1v) is 8.52. The van der Waals surface area contributed by atoms with E-state index >= 15 is 0 Å². The fourth-order valence-corrected chi connectivity index (χ4v) is 3.15. The Hall–Kier alpha value is -1.63. The van der Waals surface area contributed by atoms with Crippen LogP contribution in [0.2, 0.25) is 0 Å². The second-order valence-electron chi connectivity index (χ2n) is 6.31.